The van der Waals surface area contributed by atoms with Crippen LogP contribution in [0.25, 0.3) is 67.8 Å². The number of anilines is 3. The Labute approximate surface area is 273 Å². The SMILES string of the molecule is c1ccc(-n2c3ccccc3c3cc(N(c4ccc5sc6ccccc6c5c4)c4cccc5sc6ccccc6c45)ccc32)cc1. The zero-order valence-corrected chi connectivity index (χ0v) is 26.4. The number of nitrogens with zero attached hydrogens (tertiary/aromatic N) is 2. The number of rotatable bonds is 4. The molecule has 0 radical (unpaired) electrons. The highest BCUT2D eigenvalue weighted by atomic mass is 32.1. The first kappa shape index (κ1) is 25.9. The van der Waals surface area contributed by atoms with Gasteiger partial charge in [-0.05, 0) is 78.9 Å². The zero-order valence-electron chi connectivity index (χ0n) is 24.7. The molecule has 4 heteroatoms. The molecule has 0 aliphatic rings. The van der Waals surface area contributed by atoms with Gasteiger partial charge in [-0.2, -0.15) is 0 Å². The third-order valence-electron chi connectivity index (χ3n) is 9.17. The Kier molecular flexibility index (Phi) is 5.65. The van der Waals surface area contributed by atoms with Gasteiger partial charge in [0.2, 0.25) is 0 Å². The fraction of sp³-hybridized carbons (Fsp3) is 0. The van der Waals surface area contributed by atoms with Crippen molar-refractivity contribution in [2.45, 2.75) is 0 Å². The van der Waals surface area contributed by atoms with Crippen molar-refractivity contribution in [1.29, 1.82) is 0 Å². The summed E-state index contributed by atoms with van der Waals surface area (Å²) in [6.45, 7) is 0. The molecule has 0 fully saturated rings. The Morgan fingerprint density at radius 2 is 0.978 bits per heavy atom. The molecule has 46 heavy (non-hydrogen) atoms. The predicted molar refractivity (Wildman–Crippen MR) is 201 cm³/mol. The molecule has 0 bridgehead atoms. The number of hydrogen-bond acceptors (Lipinski definition) is 3. The zero-order chi connectivity index (χ0) is 30.2. The molecule has 0 saturated heterocycles. The minimum atomic E-state index is 1.14. The molecule has 10 aromatic rings. The molecule has 0 atom stereocenters. The van der Waals surface area contributed by atoms with E-state index in [0.717, 1.165) is 11.4 Å². The molecule has 0 aliphatic heterocycles. The van der Waals surface area contributed by atoms with Gasteiger partial charge in [-0.15, -0.1) is 22.7 Å². The summed E-state index contributed by atoms with van der Waals surface area (Å²) in [7, 11) is 0. The third-order valence-corrected chi connectivity index (χ3v) is 11.5. The van der Waals surface area contributed by atoms with Crippen molar-refractivity contribution in [2.75, 3.05) is 4.90 Å². The van der Waals surface area contributed by atoms with E-state index >= 15 is 0 Å². The summed E-state index contributed by atoms with van der Waals surface area (Å²) in [5.41, 5.74) is 7.08. The Balaban J connectivity index is 1.29. The molecular weight excluding hydrogens is 597 g/mol. The van der Waals surface area contributed by atoms with E-state index in [1.807, 2.05) is 22.7 Å². The lowest BCUT2D eigenvalue weighted by atomic mass is 10.1. The van der Waals surface area contributed by atoms with Crippen LogP contribution in [0.2, 0.25) is 0 Å². The second kappa shape index (κ2) is 10.0. The summed E-state index contributed by atoms with van der Waals surface area (Å²) < 4.78 is 7.63. The van der Waals surface area contributed by atoms with Crippen molar-refractivity contribution >= 4 is 102 Å². The number of benzene rings is 7. The summed E-state index contributed by atoms with van der Waals surface area (Å²) >= 11 is 3.73. The number of thiophene rings is 2. The van der Waals surface area contributed by atoms with Crippen LogP contribution < -0.4 is 4.90 Å². The molecule has 0 saturated carbocycles. The van der Waals surface area contributed by atoms with Crippen molar-refractivity contribution in [3.05, 3.63) is 158 Å². The number of aromatic nitrogens is 1. The van der Waals surface area contributed by atoms with Crippen LogP contribution in [0.15, 0.2) is 158 Å². The fourth-order valence-electron chi connectivity index (χ4n) is 7.18. The number of hydrogen-bond donors (Lipinski definition) is 0. The molecule has 7 aromatic carbocycles. The van der Waals surface area contributed by atoms with Crippen LogP contribution in [0, 0.1) is 0 Å². The number of para-hydroxylation sites is 2. The van der Waals surface area contributed by atoms with E-state index in [9.17, 15) is 0 Å². The first-order chi connectivity index (χ1) is 22.8. The summed E-state index contributed by atoms with van der Waals surface area (Å²) in [6.07, 6.45) is 0. The van der Waals surface area contributed by atoms with E-state index in [0.29, 0.717) is 0 Å². The first-order valence-electron chi connectivity index (χ1n) is 15.5. The average molecular weight is 623 g/mol. The average Bonchev–Trinajstić information content (AvgIpc) is 3.78. The lowest BCUT2D eigenvalue weighted by molar-refractivity contribution is 1.18. The van der Waals surface area contributed by atoms with E-state index in [2.05, 4.69) is 167 Å². The van der Waals surface area contributed by atoms with E-state index in [-0.39, 0.29) is 0 Å². The summed E-state index contributed by atoms with van der Waals surface area (Å²) in [5.74, 6) is 0. The standard InChI is InChI=1S/C42H26N2S2/c1-2-11-27(12-3-1)44-35-16-7-4-13-30(35)33-25-28(21-23-36(33)44)43(29-22-24-40-34(26-29)31-14-5-8-18-38(31)45-40)37-17-10-20-41-42(37)32-15-6-9-19-39(32)46-41/h1-26H. The topological polar surface area (TPSA) is 8.17 Å². The van der Waals surface area contributed by atoms with Gasteiger partial charge in [-0.3, -0.25) is 0 Å². The minimum Gasteiger partial charge on any atom is -0.310 e. The van der Waals surface area contributed by atoms with Gasteiger partial charge in [0.15, 0.2) is 0 Å². The van der Waals surface area contributed by atoms with Crippen molar-refractivity contribution in [3.8, 4) is 5.69 Å². The van der Waals surface area contributed by atoms with Gasteiger partial charge in [0, 0.05) is 68.2 Å². The molecule has 10 rings (SSSR count). The molecular formula is C42H26N2S2. The van der Waals surface area contributed by atoms with Crippen LogP contribution in [0.4, 0.5) is 17.1 Å². The Bertz CT molecular complexity index is 2770. The molecule has 0 amide bonds. The summed E-state index contributed by atoms with van der Waals surface area (Å²) in [6, 6.07) is 57.7. The van der Waals surface area contributed by atoms with Gasteiger partial charge in [0.25, 0.3) is 0 Å². The van der Waals surface area contributed by atoms with Crippen LogP contribution in [-0.2, 0) is 0 Å². The van der Waals surface area contributed by atoms with Gasteiger partial charge >= 0.3 is 0 Å². The second-order valence-electron chi connectivity index (χ2n) is 11.8. The summed E-state index contributed by atoms with van der Waals surface area (Å²) in [5, 5.41) is 7.70. The van der Waals surface area contributed by atoms with Crippen molar-refractivity contribution in [3.63, 3.8) is 0 Å². The maximum atomic E-state index is 2.47. The number of fused-ring (bicyclic) bond motifs is 9. The van der Waals surface area contributed by atoms with Crippen molar-refractivity contribution in [1.82, 2.24) is 4.57 Å². The third kappa shape index (κ3) is 3.81. The van der Waals surface area contributed by atoms with Crippen LogP contribution in [0.1, 0.15) is 0 Å². The van der Waals surface area contributed by atoms with E-state index < -0.39 is 0 Å². The largest absolute Gasteiger partial charge is 0.310 e. The second-order valence-corrected chi connectivity index (χ2v) is 13.9. The molecule has 2 nitrogen and oxygen atoms in total. The highest BCUT2D eigenvalue weighted by Crippen LogP contribution is 2.47. The fourth-order valence-corrected chi connectivity index (χ4v) is 9.39. The van der Waals surface area contributed by atoms with Crippen LogP contribution in [0.3, 0.4) is 0 Å². The van der Waals surface area contributed by atoms with Gasteiger partial charge in [0.1, 0.15) is 0 Å². The quantitative estimate of drug-likeness (QED) is 0.190. The van der Waals surface area contributed by atoms with Gasteiger partial charge < -0.3 is 9.47 Å². The molecule has 0 spiro atoms. The van der Waals surface area contributed by atoms with E-state index in [4.69, 9.17) is 0 Å². The molecule has 0 N–H and O–H groups in total. The Hall–Kier alpha value is -5.42. The van der Waals surface area contributed by atoms with Gasteiger partial charge in [0.05, 0.1) is 16.7 Å². The molecule has 216 valence electrons. The predicted octanol–water partition coefficient (Wildman–Crippen LogP) is 13.0. The molecule has 3 aromatic heterocycles. The maximum Gasteiger partial charge on any atom is 0.0554 e. The summed E-state index contributed by atoms with van der Waals surface area (Å²) in [4.78, 5) is 2.47. The highest BCUT2D eigenvalue weighted by Gasteiger charge is 2.21. The van der Waals surface area contributed by atoms with E-state index in [1.165, 1.54) is 73.5 Å². The van der Waals surface area contributed by atoms with Crippen LogP contribution >= 0.6 is 22.7 Å². The minimum absolute atomic E-state index is 1.14. The van der Waals surface area contributed by atoms with Crippen molar-refractivity contribution in [2.24, 2.45) is 0 Å². The van der Waals surface area contributed by atoms with Crippen LogP contribution in [-0.4, -0.2) is 4.57 Å². The Morgan fingerprint density at radius 1 is 0.391 bits per heavy atom. The van der Waals surface area contributed by atoms with E-state index in [1.54, 1.807) is 0 Å². The highest BCUT2D eigenvalue weighted by molar-refractivity contribution is 7.26. The monoisotopic (exact) mass is 622 g/mol. The van der Waals surface area contributed by atoms with Gasteiger partial charge in [-0.25, -0.2) is 0 Å². The van der Waals surface area contributed by atoms with Crippen molar-refractivity contribution < 1.29 is 0 Å². The lowest BCUT2D eigenvalue weighted by Crippen LogP contribution is -2.10. The smallest absolute Gasteiger partial charge is 0.0554 e. The van der Waals surface area contributed by atoms with Gasteiger partial charge in [-0.1, -0.05) is 78.9 Å². The molecule has 3 heterocycles. The molecule has 0 aliphatic carbocycles. The first-order valence-corrected chi connectivity index (χ1v) is 17.2. The Morgan fingerprint density at radius 3 is 1.83 bits per heavy atom. The maximum absolute atomic E-state index is 2.47. The molecule has 0 unspecified atom stereocenters. The van der Waals surface area contributed by atoms with Crippen LogP contribution in [0.5, 0.6) is 0 Å². The lowest BCUT2D eigenvalue weighted by Gasteiger charge is -2.27. The normalized spacial score (nSPS) is 11.9.